The summed E-state index contributed by atoms with van der Waals surface area (Å²) in [6.07, 6.45) is 1.14. The topological polar surface area (TPSA) is 27.6 Å². The van der Waals surface area contributed by atoms with Crippen molar-refractivity contribution in [3.05, 3.63) is 24.3 Å². The van der Waals surface area contributed by atoms with E-state index >= 15 is 0 Å². The van der Waals surface area contributed by atoms with Crippen molar-refractivity contribution in [1.82, 2.24) is 0 Å². The Bertz CT molecular complexity index is 461. The molecule has 1 aliphatic rings. The van der Waals surface area contributed by atoms with Gasteiger partial charge in [0.25, 0.3) is 0 Å². The zero-order valence-electron chi connectivity index (χ0n) is 12.9. The summed E-state index contributed by atoms with van der Waals surface area (Å²) in [4.78, 5) is 7.10. The van der Waals surface area contributed by atoms with E-state index in [0.29, 0.717) is 0 Å². The van der Waals surface area contributed by atoms with E-state index in [1.54, 1.807) is 0 Å². The number of nitrogens with one attached hydrogen (secondary N) is 1. The molecule has 0 bridgehead atoms. The Balaban J connectivity index is 2.06. The molecule has 0 aromatic heterocycles. The molecule has 1 heterocycles. The summed E-state index contributed by atoms with van der Waals surface area (Å²) in [5.41, 5.74) is 2.46. The highest BCUT2D eigenvalue weighted by Crippen LogP contribution is 2.27. The number of amidine groups is 1. The molecule has 1 aromatic carbocycles. The van der Waals surface area contributed by atoms with E-state index in [1.807, 2.05) is 11.8 Å². The molecule has 0 spiro atoms. The lowest BCUT2D eigenvalue weighted by molar-refractivity contribution is 0.507. The lowest BCUT2D eigenvalue weighted by atomic mass is 10.0. The number of hydrogen-bond donors (Lipinski definition) is 1. The SMILES string of the molecule is CCN(CC)c1ccc(NC2=NC(C)(C)CCS2)cc1. The molecule has 1 aliphatic heterocycles. The Hall–Kier alpha value is -1.16. The minimum Gasteiger partial charge on any atom is -0.372 e. The molecule has 4 heteroatoms. The van der Waals surface area contributed by atoms with Crippen LogP contribution in [0.2, 0.25) is 0 Å². The van der Waals surface area contributed by atoms with Gasteiger partial charge in [0.05, 0.1) is 5.54 Å². The first-order chi connectivity index (χ1) is 9.54. The molecule has 0 amide bonds. The number of thioether (sulfide) groups is 1. The average Bonchev–Trinajstić information content (AvgIpc) is 2.41. The van der Waals surface area contributed by atoms with Gasteiger partial charge in [-0.05, 0) is 58.4 Å². The van der Waals surface area contributed by atoms with Crippen LogP contribution in [0, 0.1) is 0 Å². The second kappa shape index (κ2) is 6.53. The second-order valence-electron chi connectivity index (χ2n) is 5.67. The van der Waals surface area contributed by atoms with Gasteiger partial charge >= 0.3 is 0 Å². The fraction of sp³-hybridized carbons (Fsp3) is 0.562. The molecule has 0 saturated heterocycles. The number of hydrogen-bond acceptors (Lipinski definition) is 4. The largest absolute Gasteiger partial charge is 0.372 e. The van der Waals surface area contributed by atoms with Crippen LogP contribution in [-0.4, -0.2) is 29.5 Å². The molecule has 0 unspecified atom stereocenters. The summed E-state index contributed by atoms with van der Waals surface area (Å²) >= 11 is 1.81. The molecular formula is C16H25N3S. The lowest BCUT2D eigenvalue weighted by Crippen LogP contribution is -2.27. The maximum Gasteiger partial charge on any atom is 0.161 e. The van der Waals surface area contributed by atoms with Crippen LogP contribution >= 0.6 is 11.8 Å². The van der Waals surface area contributed by atoms with Gasteiger partial charge in [-0.15, -0.1) is 0 Å². The van der Waals surface area contributed by atoms with Crippen molar-refractivity contribution in [3.8, 4) is 0 Å². The first-order valence-corrected chi connectivity index (χ1v) is 8.37. The summed E-state index contributed by atoms with van der Waals surface area (Å²) in [6, 6.07) is 8.62. The number of aliphatic imine (C=N–C) groups is 1. The van der Waals surface area contributed by atoms with Gasteiger partial charge in [-0.3, -0.25) is 4.99 Å². The predicted octanol–water partition coefficient (Wildman–Crippen LogP) is 4.22. The van der Waals surface area contributed by atoms with Crippen LogP contribution < -0.4 is 10.2 Å². The van der Waals surface area contributed by atoms with Gasteiger partial charge in [0.2, 0.25) is 0 Å². The highest BCUT2D eigenvalue weighted by atomic mass is 32.2. The van der Waals surface area contributed by atoms with Gasteiger partial charge < -0.3 is 10.2 Å². The zero-order valence-corrected chi connectivity index (χ0v) is 13.8. The molecule has 0 fully saturated rings. The van der Waals surface area contributed by atoms with E-state index in [4.69, 9.17) is 4.99 Å². The third kappa shape index (κ3) is 3.92. The van der Waals surface area contributed by atoms with Crippen LogP contribution in [0.1, 0.15) is 34.1 Å². The van der Waals surface area contributed by atoms with Gasteiger partial charge in [-0.25, -0.2) is 0 Å². The Labute approximate surface area is 126 Å². The summed E-state index contributed by atoms with van der Waals surface area (Å²) in [5, 5.41) is 4.47. The first-order valence-electron chi connectivity index (χ1n) is 7.39. The maximum atomic E-state index is 4.76. The van der Waals surface area contributed by atoms with Gasteiger partial charge in [0.1, 0.15) is 0 Å². The minimum atomic E-state index is 0.0642. The van der Waals surface area contributed by atoms with Crippen LogP contribution in [0.4, 0.5) is 11.4 Å². The van der Waals surface area contributed by atoms with Gasteiger partial charge in [-0.2, -0.15) is 0 Å². The van der Waals surface area contributed by atoms with E-state index in [-0.39, 0.29) is 5.54 Å². The van der Waals surface area contributed by atoms with Crippen molar-refractivity contribution in [3.63, 3.8) is 0 Å². The Morgan fingerprint density at radius 1 is 1.20 bits per heavy atom. The van der Waals surface area contributed by atoms with Crippen LogP contribution in [-0.2, 0) is 0 Å². The van der Waals surface area contributed by atoms with E-state index in [9.17, 15) is 0 Å². The average molecular weight is 291 g/mol. The van der Waals surface area contributed by atoms with E-state index in [1.165, 1.54) is 5.69 Å². The van der Waals surface area contributed by atoms with Gasteiger partial charge in [0, 0.05) is 30.2 Å². The third-order valence-corrected chi connectivity index (χ3v) is 4.48. The Morgan fingerprint density at radius 2 is 1.85 bits per heavy atom. The Morgan fingerprint density at radius 3 is 2.40 bits per heavy atom. The van der Waals surface area contributed by atoms with Crippen molar-refractivity contribution in [1.29, 1.82) is 0 Å². The molecule has 110 valence electrons. The van der Waals surface area contributed by atoms with Gasteiger partial charge in [-0.1, -0.05) is 11.8 Å². The van der Waals surface area contributed by atoms with Crippen molar-refractivity contribution < 1.29 is 0 Å². The molecule has 0 aliphatic carbocycles. The molecular weight excluding hydrogens is 266 g/mol. The van der Waals surface area contributed by atoms with Crippen LogP contribution in [0.25, 0.3) is 0 Å². The van der Waals surface area contributed by atoms with E-state index in [0.717, 1.165) is 36.1 Å². The van der Waals surface area contributed by atoms with Crippen LogP contribution in [0.5, 0.6) is 0 Å². The molecule has 2 rings (SSSR count). The molecule has 1 aromatic rings. The van der Waals surface area contributed by atoms with Crippen LogP contribution in [0.3, 0.4) is 0 Å². The highest BCUT2D eigenvalue weighted by Gasteiger charge is 2.22. The van der Waals surface area contributed by atoms with E-state index in [2.05, 4.69) is 62.2 Å². The summed E-state index contributed by atoms with van der Waals surface area (Å²) in [5.74, 6) is 1.14. The Kier molecular flexibility index (Phi) is 4.97. The molecule has 0 radical (unpaired) electrons. The third-order valence-electron chi connectivity index (χ3n) is 3.60. The molecule has 3 nitrogen and oxygen atoms in total. The zero-order chi connectivity index (χ0) is 14.6. The normalized spacial score (nSPS) is 17.5. The smallest absolute Gasteiger partial charge is 0.161 e. The standard InChI is InChI=1S/C16H25N3S/c1-5-19(6-2)14-9-7-13(8-10-14)17-15-18-16(3,4)11-12-20-15/h7-10H,5-6,11-12H2,1-4H3,(H,17,18). The predicted molar refractivity (Wildman–Crippen MR) is 92.2 cm³/mol. The number of nitrogens with zero attached hydrogens (tertiary/aromatic N) is 2. The van der Waals surface area contributed by atoms with Gasteiger partial charge in [0.15, 0.2) is 5.17 Å². The minimum absolute atomic E-state index is 0.0642. The summed E-state index contributed by atoms with van der Waals surface area (Å²) in [6.45, 7) is 10.8. The van der Waals surface area contributed by atoms with Crippen molar-refractivity contribution in [2.24, 2.45) is 4.99 Å². The first kappa shape index (κ1) is 15.2. The lowest BCUT2D eigenvalue weighted by Gasteiger charge is -2.26. The molecule has 0 atom stereocenters. The number of anilines is 2. The quantitative estimate of drug-likeness (QED) is 0.900. The van der Waals surface area contributed by atoms with Crippen LogP contribution in [0.15, 0.2) is 29.3 Å². The fourth-order valence-electron chi connectivity index (χ4n) is 2.29. The van der Waals surface area contributed by atoms with Crippen molar-refractivity contribution in [2.75, 3.05) is 29.1 Å². The number of rotatable bonds is 4. The monoisotopic (exact) mass is 291 g/mol. The molecule has 0 saturated carbocycles. The summed E-state index contributed by atoms with van der Waals surface area (Å²) in [7, 11) is 0. The molecule has 20 heavy (non-hydrogen) atoms. The van der Waals surface area contributed by atoms with Crippen molar-refractivity contribution in [2.45, 2.75) is 39.7 Å². The number of benzene rings is 1. The maximum absolute atomic E-state index is 4.76. The fourth-order valence-corrected chi connectivity index (χ4v) is 3.59. The highest BCUT2D eigenvalue weighted by molar-refractivity contribution is 8.14. The second-order valence-corrected chi connectivity index (χ2v) is 6.76. The van der Waals surface area contributed by atoms with E-state index < -0.39 is 0 Å². The molecule has 1 N–H and O–H groups in total. The summed E-state index contributed by atoms with van der Waals surface area (Å²) < 4.78 is 0. The van der Waals surface area contributed by atoms with Crippen molar-refractivity contribution >= 4 is 28.3 Å².